The second kappa shape index (κ2) is 11.8. The molecule has 1 aliphatic carbocycles. The summed E-state index contributed by atoms with van der Waals surface area (Å²) in [5.74, 6) is -0.551. The Labute approximate surface area is 236 Å². The van der Waals surface area contributed by atoms with Crippen LogP contribution >= 0.6 is 11.6 Å². The Balaban J connectivity index is 1.57. The summed E-state index contributed by atoms with van der Waals surface area (Å²) in [6.45, 7) is 2.34. The molecule has 1 N–H and O–H groups in total. The fourth-order valence-electron chi connectivity index (χ4n) is 5.95. The third kappa shape index (κ3) is 6.11. The van der Waals surface area contributed by atoms with Crippen LogP contribution < -0.4 is 0 Å². The van der Waals surface area contributed by atoms with Crippen molar-refractivity contribution in [3.05, 3.63) is 105 Å². The lowest BCUT2D eigenvalue weighted by Crippen LogP contribution is -2.47. The van der Waals surface area contributed by atoms with Crippen LogP contribution in [-0.2, 0) is 19.0 Å². The Morgan fingerprint density at radius 2 is 1.73 bits per heavy atom. The quantitative estimate of drug-likeness (QED) is 0.277. The van der Waals surface area contributed by atoms with E-state index in [0.29, 0.717) is 42.7 Å². The van der Waals surface area contributed by atoms with Gasteiger partial charge in [0.2, 0.25) is 0 Å². The van der Waals surface area contributed by atoms with Crippen LogP contribution in [0.1, 0.15) is 63.0 Å². The van der Waals surface area contributed by atoms with E-state index >= 15 is 0 Å². The molecule has 5 rings (SSSR count). The zero-order valence-electron chi connectivity index (χ0n) is 21.9. The van der Waals surface area contributed by atoms with Crippen molar-refractivity contribution in [2.24, 2.45) is 5.92 Å². The van der Waals surface area contributed by atoms with Crippen LogP contribution in [0.25, 0.3) is 11.1 Å². The van der Waals surface area contributed by atoms with Gasteiger partial charge in [0.15, 0.2) is 0 Å². The molecule has 3 aromatic rings. The van der Waals surface area contributed by atoms with Crippen molar-refractivity contribution in [2.75, 3.05) is 26.3 Å². The zero-order chi connectivity index (χ0) is 28.4. The van der Waals surface area contributed by atoms with E-state index in [1.807, 2.05) is 24.3 Å². The summed E-state index contributed by atoms with van der Waals surface area (Å²) in [7, 11) is 0. The van der Waals surface area contributed by atoms with E-state index in [1.165, 1.54) is 18.2 Å². The third-order valence-corrected chi connectivity index (χ3v) is 8.05. The lowest BCUT2D eigenvalue weighted by Gasteiger charge is -2.39. The van der Waals surface area contributed by atoms with E-state index < -0.39 is 17.7 Å². The summed E-state index contributed by atoms with van der Waals surface area (Å²) in [5.41, 5.74) is 4.12. The molecule has 0 aromatic heterocycles. The topological polar surface area (TPSA) is 40.5 Å². The van der Waals surface area contributed by atoms with Crippen molar-refractivity contribution in [1.82, 2.24) is 4.90 Å². The van der Waals surface area contributed by atoms with Crippen molar-refractivity contribution < 1.29 is 27.5 Å². The molecule has 0 spiro atoms. The molecular formula is C32H30ClF4NO2. The summed E-state index contributed by atoms with van der Waals surface area (Å²) >= 11 is 6.23. The Hall–Kier alpha value is -3.16. The molecule has 3 aromatic carbocycles. The maximum atomic E-state index is 14.2. The lowest BCUT2D eigenvalue weighted by molar-refractivity contribution is -0.137. The molecular weight excluding hydrogens is 542 g/mol. The highest BCUT2D eigenvalue weighted by Gasteiger charge is 2.35. The number of aryl methyl sites for hydroxylation is 1. The molecule has 1 heterocycles. The molecule has 1 aliphatic heterocycles. The van der Waals surface area contributed by atoms with Crippen LogP contribution in [0.5, 0.6) is 0 Å². The molecule has 0 bridgehead atoms. The molecule has 0 radical (unpaired) electrons. The van der Waals surface area contributed by atoms with Crippen molar-refractivity contribution >= 4 is 28.7 Å². The number of benzene rings is 3. The first-order valence-electron chi connectivity index (χ1n) is 13.5. The van der Waals surface area contributed by atoms with Gasteiger partial charge in [-0.15, -0.1) is 0 Å². The molecule has 0 unspecified atom stereocenters. The minimum absolute atomic E-state index is 0.0528. The molecule has 3 nitrogen and oxygen atoms in total. The number of alkyl halides is 4. The molecule has 1 saturated heterocycles. The summed E-state index contributed by atoms with van der Waals surface area (Å²) in [6.07, 6.45) is -1.64. The first-order valence-corrected chi connectivity index (χ1v) is 13.9. The van der Waals surface area contributed by atoms with E-state index in [2.05, 4.69) is 4.90 Å². The van der Waals surface area contributed by atoms with Gasteiger partial charge in [-0.1, -0.05) is 41.9 Å². The van der Waals surface area contributed by atoms with Crippen LogP contribution in [0, 0.1) is 5.92 Å². The summed E-state index contributed by atoms with van der Waals surface area (Å²) in [6, 6.07) is 16.4. The van der Waals surface area contributed by atoms with Gasteiger partial charge in [-0.2, -0.15) is 13.2 Å². The van der Waals surface area contributed by atoms with Gasteiger partial charge in [0.05, 0.1) is 17.8 Å². The average Bonchev–Trinajstić information content (AvgIpc) is 3.08. The van der Waals surface area contributed by atoms with Crippen LogP contribution in [-0.4, -0.2) is 42.3 Å². The lowest BCUT2D eigenvalue weighted by atomic mass is 9.85. The monoisotopic (exact) mass is 571 g/mol. The molecule has 0 saturated carbocycles. The summed E-state index contributed by atoms with van der Waals surface area (Å²) < 4.78 is 54.9. The van der Waals surface area contributed by atoms with Crippen molar-refractivity contribution in [1.29, 1.82) is 0 Å². The fourth-order valence-corrected chi connectivity index (χ4v) is 6.12. The van der Waals surface area contributed by atoms with Gasteiger partial charge < -0.3 is 10.0 Å². The van der Waals surface area contributed by atoms with E-state index in [-0.39, 0.29) is 22.8 Å². The number of hydrogen-bond donors (Lipinski definition) is 1. The summed E-state index contributed by atoms with van der Waals surface area (Å²) in [5, 5.41) is 9.76. The van der Waals surface area contributed by atoms with Crippen LogP contribution in [0.2, 0.25) is 5.02 Å². The molecule has 2 aliphatic rings. The van der Waals surface area contributed by atoms with Crippen LogP contribution in [0.4, 0.5) is 17.6 Å². The Bertz CT molecular complexity index is 1430. The van der Waals surface area contributed by atoms with Gasteiger partial charge >= 0.3 is 12.1 Å². The Morgan fingerprint density at radius 3 is 2.40 bits per heavy atom. The second-order valence-electron chi connectivity index (χ2n) is 10.6. The number of carboxylic acids is 1. The van der Waals surface area contributed by atoms with Crippen LogP contribution in [0.3, 0.4) is 0 Å². The SMILES string of the molecule is O=C(O)c1ccc2c(c1)CCCC(c1cc(Cl)ccc1C(F)(F)F)=C2c1ccc(CC2CN(CCCF)C2)cc1. The number of allylic oxidation sites excluding steroid dienone is 1. The highest BCUT2D eigenvalue weighted by atomic mass is 35.5. The zero-order valence-corrected chi connectivity index (χ0v) is 22.7. The maximum absolute atomic E-state index is 14.2. The molecule has 8 heteroatoms. The highest BCUT2D eigenvalue weighted by molar-refractivity contribution is 6.30. The molecule has 1 fully saturated rings. The number of rotatable bonds is 8. The van der Waals surface area contributed by atoms with E-state index in [1.54, 1.807) is 12.1 Å². The van der Waals surface area contributed by atoms with Gasteiger partial charge in [-0.3, -0.25) is 4.39 Å². The van der Waals surface area contributed by atoms with Crippen LogP contribution in [0.15, 0.2) is 60.7 Å². The van der Waals surface area contributed by atoms with Gasteiger partial charge in [0, 0.05) is 24.7 Å². The van der Waals surface area contributed by atoms with Gasteiger partial charge in [0.1, 0.15) is 0 Å². The maximum Gasteiger partial charge on any atom is 0.416 e. The number of aromatic carboxylic acids is 1. The van der Waals surface area contributed by atoms with Gasteiger partial charge in [0.25, 0.3) is 0 Å². The minimum Gasteiger partial charge on any atom is -0.478 e. The number of carboxylic acid groups (broad SMARTS) is 1. The van der Waals surface area contributed by atoms with Crippen molar-refractivity contribution in [3.63, 3.8) is 0 Å². The largest absolute Gasteiger partial charge is 0.478 e. The first kappa shape index (κ1) is 28.4. The normalized spacial score (nSPS) is 16.4. The standard InChI is InChI=1S/C32H30ClF4NO2/c33-25-10-12-29(32(35,36)37)28(17-25)27-4-1-3-23-16-24(31(39)40)9-11-26(23)30(27)22-7-5-20(6-8-22)15-21-18-38(19-21)14-2-13-34/h5-12,16-17,21H,1-4,13-15,18-19H2,(H,39,40). The second-order valence-corrected chi connectivity index (χ2v) is 11.1. The van der Waals surface area contributed by atoms with Crippen molar-refractivity contribution in [2.45, 2.75) is 38.3 Å². The van der Waals surface area contributed by atoms with Gasteiger partial charge in [-0.05, 0) is 107 Å². The Kier molecular flexibility index (Phi) is 8.34. The van der Waals surface area contributed by atoms with Gasteiger partial charge in [-0.25, -0.2) is 4.79 Å². The number of hydrogen-bond acceptors (Lipinski definition) is 2. The number of carbonyl (C=O) groups is 1. The predicted octanol–water partition coefficient (Wildman–Crippen LogP) is 8.19. The smallest absolute Gasteiger partial charge is 0.416 e. The van der Waals surface area contributed by atoms with Crippen molar-refractivity contribution in [3.8, 4) is 0 Å². The third-order valence-electron chi connectivity index (χ3n) is 7.82. The molecule has 0 atom stereocenters. The molecule has 40 heavy (non-hydrogen) atoms. The molecule has 210 valence electrons. The average molecular weight is 572 g/mol. The predicted molar refractivity (Wildman–Crippen MR) is 149 cm³/mol. The number of nitrogens with zero attached hydrogens (tertiary/aromatic N) is 1. The Morgan fingerprint density at radius 1 is 0.975 bits per heavy atom. The van der Waals surface area contributed by atoms with E-state index in [4.69, 9.17) is 11.6 Å². The number of fused-ring (bicyclic) bond motifs is 1. The molecule has 0 amide bonds. The summed E-state index contributed by atoms with van der Waals surface area (Å²) in [4.78, 5) is 13.9. The highest BCUT2D eigenvalue weighted by Crippen LogP contribution is 2.45. The van der Waals surface area contributed by atoms with E-state index in [9.17, 15) is 27.5 Å². The fraction of sp³-hybridized carbons (Fsp3) is 0.344. The number of likely N-dealkylation sites (tertiary alicyclic amines) is 1. The number of halogens is 5. The minimum atomic E-state index is -4.56. The van der Waals surface area contributed by atoms with E-state index in [0.717, 1.165) is 54.4 Å². The first-order chi connectivity index (χ1) is 19.1.